The lowest BCUT2D eigenvalue weighted by Gasteiger charge is -2.14. The number of rotatable bonds is 3. The van der Waals surface area contributed by atoms with Gasteiger partial charge in [-0.15, -0.1) is 0 Å². The largest absolute Gasteiger partial charge is 0.478 e. The van der Waals surface area contributed by atoms with E-state index in [2.05, 4.69) is 17.6 Å². The number of aromatic carboxylic acids is 1. The van der Waals surface area contributed by atoms with E-state index in [1.807, 2.05) is 0 Å². The van der Waals surface area contributed by atoms with Gasteiger partial charge in [0, 0.05) is 30.5 Å². The van der Waals surface area contributed by atoms with Crippen LogP contribution in [0.3, 0.4) is 0 Å². The fourth-order valence-corrected chi connectivity index (χ4v) is 2.12. The van der Waals surface area contributed by atoms with Crippen LogP contribution in [-0.2, 0) is 4.79 Å². The minimum Gasteiger partial charge on any atom is -0.478 e. The highest BCUT2D eigenvalue weighted by atomic mass is 32.1. The molecule has 100 valence electrons. The molecule has 0 aromatic carbocycles. The Kier molecular flexibility index (Phi) is 3.38. The molecule has 0 bridgehead atoms. The van der Waals surface area contributed by atoms with Crippen molar-refractivity contribution >= 4 is 36.0 Å². The zero-order valence-corrected chi connectivity index (χ0v) is 10.4. The van der Waals surface area contributed by atoms with Gasteiger partial charge in [-0.3, -0.25) is 19.8 Å². The summed E-state index contributed by atoms with van der Waals surface area (Å²) < 4.78 is 0. The lowest BCUT2D eigenvalue weighted by Crippen LogP contribution is -2.26. The SMILES string of the molecule is O=C(O)c1cnc(N2CC(S)CC2=O)c([N+](=O)[O-])c1. The van der Waals surface area contributed by atoms with E-state index >= 15 is 0 Å². The van der Waals surface area contributed by atoms with E-state index in [1.165, 1.54) is 0 Å². The predicted octanol–water partition coefficient (Wildman–Crippen LogP) is 0.723. The monoisotopic (exact) mass is 283 g/mol. The second kappa shape index (κ2) is 4.84. The number of nitro groups is 1. The van der Waals surface area contributed by atoms with Crippen LogP contribution in [0, 0.1) is 10.1 Å². The van der Waals surface area contributed by atoms with Crippen LogP contribution in [0.4, 0.5) is 11.5 Å². The summed E-state index contributed by atoms with van der Waals surface area (Å²) in [6.45, 7) is 0.211. The summed E-state index contributed by atoms with van der Waals surface area (Å²) in [5.74, 6) is -1.78. The van der Waals surface area contributed by atoms with Crippen LogP contribution in [-0.4, -0.2) is 38.7 Å². The number of nitrogens with zero attached hydrogens (tertiary/aromatic N) is 3. The zero-order chi connectivity index (χ0) is 14.2. The van der Waals surface area contributed by atoms with Crippen molar-refractivity contribution in [1.82, 2.24) is 4.98 Å². The number of carbonyl (C=O) groups excluding carboxylic acids is 1. The summed E-state index contributed by atoms with van der Waals surface area (Å²) in [5, 5.41) is 19.5. The molecule has 1 aliphatic heterocycles. The van der Waals surface area contributed by atoms with Gasteiger partial charge in [0.2, 0.25) is 11.7 Å². The molecule has 9 heteroatoms. The maximum absolute atomic E-state index is 11.7. The van der Waals surface area contributed by atoms with E-state index in [1.54, 1.807) is 0 Å². The van der Waals surface area contributed by atoms with Crippen LogP contribution in [0.25, 0.3) is 0 Å². The standard InChI is InChI=1S/C10H9N3O5S/c14-8-2-6(19)4-12(8)9-7(13(17)18)1-5(3-11-9)10(15)16/h1,3,6,19H,2,4H2,(H,15,16). The van der Waals surface area contributed by atoms with Gasteiger partial charge >= 0.3 is 11.7 Å². The predicted molar refractivity (Wildman–Crippen MR) is 67.6 cm³/mol. The highest BCUT2D eigenvalue weighted by Gasteiger charge is 2.34. The lowest BCUT2D eigenvalue weighted by atomic mass is 10.2. The second-order valence-corrected chi connectivity index (χ2v) is 4.72. The highest BCUT2D eigenvalue weighted by Crippen LogP contribution is 2.30. The molecule has 1 atom stereocenters. The summed E-state index contributed by atoms with van der Waals surface area (Å²) in [6.07, 6.45) is 1.16. The molecule has 0 spiro atoms. The molecule has 1 fully saturated rings. The number of pyridine rings is 1. The van der Waals surface area contributed by atoms with Crippen molar-refractivity contribution in [1.29, 1.82) is 0 Å². The van der Waals surface area contributed by atoms with Crippen LogP contribution in [0.1, 0.15) is 16.8 Å². The first-order chi connectivity index (χ1) is 8.90. The van der Waals surface area contributed by atoms with E-state index in [0.29, 0.717) is 0 Å². The molecule has 1 unspecified atom stereocenters. The molecule has 0 saturated carbocycles. The van der Waals surface area contributed by atoms with Crippen molar-refractivity contribution in [3.8, 4) is 0 Å². The molecule has 2 heterocycles. The van der Waals surface area contributed by atoms with E-state index in [-0.39, 0.29) is 35.5 Å². The van der Waals surface area contributed by atoms with Gasteiger partial charge in [0.1, 0.15) is 0 Å². The fraction of sp³-hybridized carbons (Fsp3) is 0.300. The molecule has 8 nitrogen and oxygen atoms in total. The first kappa shape index (κ1) is 13.3. The summed E-state index contributed by atoms with van der Waals surface area (Å²) >= 11 is 4.15. The van der Waals surface area contributed by atoms with Gasteiger partial charge in [0.15, 0.2) is 0 Å². The summed E-state index contributed by atoms with van der Waals surface area (Å²) in [6, 6.07) is 0.893. The maximum atomic E-state index is 11.7. The maximum Gasteiger partial charge on any atom is 0.337 e. The lowest BCUT2D eigenvalue weighted by molar-refractivity contribution is -0.384. The molecule has 1 N–H and O–H groups in total. The molecule has 0 radical (unpaired) electrons. The number of carbonyl (C=O) groups is 2. The van der Waals surface area contributed by atoms with Crippen molar-refractivity contribution < 1.29 is 19.6 Å². The Labute approximate surface area is 112 Å². The Morgan fingerprint density at radius 2 is 2.32 bits per heavy atom. The van der Waals surface area contributed by atoms with Gasteiger partial charge < -0.3 is 5.11 Å². The molecule has 1 aromatic heterocycles. The summed E-state index contributed by atoms with van der Waals surface area (Å²) in [7, 11) is 0. The second-order valence-electron chi connectivity index (χ2n) is 3.99. The molecule has 19 heavy (non-hydrogen) atoms. The number of carboxylic acids is 1. The number of hydrogen-bond donors (Lipinski definition) is 2. The zero-order valence-electron chi connectivity index (χ0n) is 9.52. The average Bonchev–Trinajstić information content (AvgIpc) is 2.67. The Morgan fingerprint density at radius 1 is 1.63 bits per heavy atom. The third-order valence-electron chi connectivity index (χ3n) is 2.65. The first-order valence-corrected chi connectivity index (χ1v) is 5.78. The van der Waals surface area contributed by atoms with Gasteiger partial charge in [-0.25, -0.2) is 9.78 Å². The smallest absolute Gasteiger partial charge is 0.337 e. The molecule has 0 aliphatic carbocycles. The van der Waals surface area contributed by atoms with Gasteiger partial charge in [-0.2, -0.15) is 12.6 Å². The number of aromatic nitrogens is 1. The number of hydrogen-bond acceptors (Lipinski definition) is 6. The molecular weight excluding hydrogens is 274 g/mol. The average molecular weight is 283 g/mol. The number of carboxylic acid groups (broad SMARTS) is 1. The Morgan fingerprint density at radius 3 is 2.79 bits per heavy atom. The topological polar surface area (TPSA) is 114 Å². The van der Waals surface area contributed by atoms with Gasteiger partial charge in [0.25, 0.3) is 0 Å². The molecule has 1 saturated heterocycles. The van der Waals surface area contributed by atoms with E-state index in [9.17, 15) is 19.7 Å². The number of anilines is 1. The van der Waals surface area contributed by atoms with Crippen molar-refractivity contribution in [2.75, 3.05) is 11.4 Å². The van der Waals surface area contributed by atoms with E-state index < -0.39 is 16.6 Å². The quantitative estimate of drug-likeness (QED) is 0.480. The minimum atomic E-state index is -1.32. The van der Waals surface area contributed by atoms with Crippen LogP contribution in [0.5, 0.6) is 0 Å². The molecule has 2 rings (SSSR count). The fourth-order valence-electron chi connectivity index (χ4n) is 1.80. The minimum absolute atomic E-state index is 0.142. The van der Waals surface area contributed by atoms with Crippen LogP contribution in [0.15, 0.2) is 12.3 Å². The van der Waals surface area contributed by atoms with Crippen LogP contribution in [0.2, 0.25) is 0 Å². The van der Waals surface area contributed by atoms with E-state index in [0.717, 1.165) is 17.2 Å². The van der Waals surface area contributed by atoms with Crippen LogP contribution >= 0.6 is 12.6 Å². The number of amides is 1. The molecular formula is C10H9N3O5S. The van der Waals surface area contributed by atoms with E-state index in [4.69, 9.17) is 5.11 Å². The third-order valence-corrected chi connectivity index (χ3v) is 3.00. The van der Waals surface area contributed by atoms with Crippen molar-refractivity contribution in [2.24, 2.45) is 0 Å². The first-order valence-electron chi connectivity index (χ1n) is 5.26. The summed E-state index contributed by atoms with van der Waals surface area (Å²) in [4.78, 5) is 37.5. The van der Waals surface area contributed by atoms with Gasteiger partial charge in [-0.1, -0.05) is 0 Å². The highest BCUT2D eigenvalue weighted by molar-refractivity contribution is 7.81. The third kappa shape index (κ3) is 2.50. The van der Waals surface area contributed by atoms with Gasteiger partial charge in [-0.05, 0) is 0 Å². The Hall–Kier alpha value is -2.16. The normalized spacial score (nSPS) is 18.7. The van der Waals surface area contributed by atoms with Crippen molar-refractivity contribution in [3.05, 3.63) is 27.9 Å². The molecule has 1 amide bonds. The Bertz CT molecular complexity index is 576. The number of thiol groups is 1. The van der Waals surface area contributed by atoms with Gasteiger partial charge in [0.05, 0.1) is 10.5 Å². The molecule has 1 aromatic rings. The Balaban J connectivity index is 2.48. The van der Waals surface area contributed by atoms with Crippen molar-refractivity contribution in [3.63, 3.8) is 0 Å². The van der Waals surface area contributed by atoms with Crippen LogP contribution < -0.4 is 4.90 Å². The van der Waals surface area contributed by atoms with Crippen molar-refractivity contribution in [2.45, 2.75) is 11.7 Å². The summed E-state index contributed by atoms with van der Waals surface area (Å²) in [5.41, 5.74) is -0.805. The molecule has 1 aliphatic rings.